The van der Waals surface area contributed by atoms with Crippen LogP contribution in [-0.4, -0.2) is 47.5 Å². The third-order valence-electron chi connectivity index (χ3n) is 2.14. The molecular weight excluding hydrogens is 258 g/mol. The van der Waals surface area contributed by atoms with Crippen molar-refractivity contribution in [3.8, 4) is 5.75 Å². The first-order valence-corrected chi connectivity index (χ1v) is 5.40. The molecule has 2 N–H and O–H groups in total. The Morgan fingerprint density at radius 3 is 2.63 bits per heavy atom. The quantitative estimate of drug-likeness (QED) is 0.405. The molecule has 0 radical (unpaired) electrons. The SMILES string of the molecule is O=C(O)c1c(OCCOCCO)cccc1[N+](=O)[O-]. The van der Waals surface area contributed by atoms with Gasteiger partial charge in [0.2, 0.25) is 0 Å². The molecule has 8 heteroatoms. The second-order valence-corrected chi connectivity index (χ2v) is 3.40. The lowest BCUT2D eigenvalue weighted by Gasteiger charge is -2.09. The topological polar surface area (TPSA) is 119 Å². The Morgan fingerprint density at radius 1 is 1.32 bits per heavy atom. The van der Waals surface area contributed by atoms with E-state index in [-0.39, 0.29) is 32.2 Å². The number of hydrogen-bond acceptors (Lipinski definition) is 6. The van der Waals surface area contributed by atoms with Crippen LogP contribution in [0.15, 0.2) is 18.2 Å². The van der Waals surface area contributed by atoms with Gasteiger partial charge in [-0.05, 0) is 6.07 Å². The van der Waals surface area contributed by atoms with E-state index < -0.39 is 22.1 Å². The molecule has 0 aliphatic rings. The van der Waals surface area contributed by atoms with Gasteiger partial charge < -0.3 is 19.7 Å². The minimum Gasteiger partial charge on any atom is -0.490 e. The maximum absolute atomic E-state index is 11.0. The summed E-state index contributed by atoms with van der Waals surface area (Å²) in [5.41, 5.74) is -1.02. The van der Waals surface area contributed by atoms with Crippen molar-refractivity contribution in [1.82, 2.24) is 0 Å². The number of rotatable bonds is 8. The van der Waals surface area contributed by atoms with Gasteiger partial charge in [0.05, 0.1) is 24.7 Å². The van der Waals surface area contributed by atoms with Crippen LogP contribution in [0.1, 0.15) is 10.4 Å². The third-order valence-corrected chi connectivity index (χ3v) is 2.14. The number of ether oxygens (including phenoxy) is 2. The van der Waals surface area contributed by atoms with Crippen LogP contribution in [-0.2, 0) is 4.74 Å². The molecule has 19 heavy (non-hydrogen) atoms. The number of nitrogens with zero attached hydrogens (tertiary/aromatic N) is 1. The van der Waals surface area contributed by atoms with E-state index in [0.29, 0.717) is 0 Å². The number of aliphatic hydroxyl groups excluding tert-OH is 1. The Morgan fingerprint density at radius 2 is 2.05 bits per heavy atom. The molecule has 0 amide bonds. The number of carboxylic acids is 1. The molecule has 0 bridgehead atoms. The van der Waals surface area contributed by atoms with Gasteiger partial charge in [-0.1, -0.05) is 6.07 Å². The number of aromatic carboxylic acids is 1. The summed E-state index contributed by atoms with van der Waals surface area (Å²) in [6.07, 6.45) is 0. The van der Waals surface area contributed by atoms with Gasteiger partial charge in [-0.25, -0.2) is 4.79 Å². The van der Waals surface area contributed by atoms with E-state index in [0.717, 1.165) is 6.07 Å². The molecule has 0 aliphatic carbocycles. The molecule has 1 aromatic carbocycles. The number of aliphatic hydroxyl groups is 1. The maximum Gasteiger partial charge on any atom is 0.346 e. The van der Waals surface area contributed by atoms with Crippen molar-refractivity contribution in [3.63, 3.8) is 0 Å². The fourth-order valence-electron chi connectivity index (χ4n) is 1.38. The average molecular weight is 271 g/mol. The molecule has 0 aliphatic heterocycles. The molecule has 1 rings (SSSR count). The van der Waals surface area contributed by atoms with Crippen molar-refractivity contribution in [2.45, 2.75) is 0 Å². The van der Waals surface area contributed by atoms with Crippen LogP contribution in [0.25, 0.3) is 0 Å². The summed E-state index contributed by atoms with van der Waals surface area (Å²) < 4.78 is 10.1. The number of benzene rings is 1. The molecule has 104 valence electrons. The second-order valence-electron chi connectivity index (χ2n) is 3.40. The first-order chi connectivity index (χ1) is 9.07. The van der Waals surface area contributed by atoms with E-state index in [2.05, 4.69) is 0 Å². The Bertz CT molecular complexity index is 460. The van der Waals surface area contributed by atoms with Gasteiger partial charge in [0.25, 0.3) is 5.69 Å². The van der Waals surface area contributed by atoms with Crippen LogP contribution in [0.4, 0.5) is 5.69 Å². The molecule has 0 unspecified atom stereocenters. The van der Waals surface area contributed by atoms with Crippen LogP contribution in [0.3, 0.4) is 0 Å². The number of hydrogen-bond donors (Lipinski definition) is 2. The summed E-state index contributed by atoms with van der Waals surface area (Å²) in [4.78, 5) is 21.0. The third kappa shape index (κ3) is 4.19. The standard InChI is InChI=1S/C11H13NO7/c13-4-5-18-6-7-19-9-3-1-2-8(12(16)17)10(9)11(14)15/h1-3,13H,4-7H2,(H,14,15). The molecule has 0 aromatic heterocycles. The van der Waals surface area contributed by atoms with E-state index in [1.54, 1.807) is 0 Å². The van der Waals surface area contributed by atoms with E-state index in [4.69, 9.17) is 19.7 Å². The molecule has 1 aromatic rings. The van der Waals surface area contributed by atoms with Crippen molar-refractivity contribution in [2.24, 2.45) is 0 Å². The van der Waals surface area contributed by atoms with Crippen LogP contribution < -0.4 is 4.74 Å². The molecule has 0 heterocycles. The lowest BCUT2D eigenvalue weighted by Crippen LogP contribution is -2.12. The van der Waals surface area contributed by atoms with Crippen molar-refractivity contribution >= 4 is 11.7 Å². The average Bonchev–Trinajstić information content (AvgIpc) is 2.37. The van der Waals surface area contributed by atoms with E-state index in [1.165, 1.54) is 12.1 Å². The first kappa shape index (κ1) is 14.9. The minimum atomic E-state index is -1.43. The number of nitro benzene ring substituents is 1. The Kier molecular flexibility index (Phi) is 5.71. The monoisotopic (exact) mass is 271 g/mol. The Labute approximate surface area is 108 Å². The van der Waals surface area contributed by atoms with E-state index >= 15 is 0 Å². The zero-order valence-corrected chi connectivity index (χ0v) is 9.94. The van der Waals surface area contributed by atoms with Crippen LogP contribution in [0.2, 0.25) is 0 Å². The van der Waals surface area contributed by atoms with Crippen LogP contribution in [0.5, 0.6) is 5.75 Å². The van der Waals surface area contributed by atoms with Crippen LogP contribution >= 0.6 is 0 Å². The highest BCUT2D eigenvalue weighted by Crippen LogP contribution is 2.28. The van der Waals surface area contributed by atoms with Gasteiger partial charge in [-0.3, -0.25) is 10.1 Å². The van der Waals surface area contributed by atoms with Crippen molar-refractivity contribution in [3.05, 3.63) is 33.9 Å². The predicted molar refractivity (Wildman–Crippen MR) is 63.5 cm³/mol. The maximum atomic E-state index is 11.0. The van der Waals surface area contributed by atoms with Crippen molar-refractivity contribution in [1.29, 1.82) is 0 Å². The zero-order valence-electron chi connectivity index (χ0n) is 9.94. The predicted octanol–water partition coefficient (Wildman–Crippen LogP) is 0.681. The van der Waals surface area contributed by atoms with Crippen LogP contribution in [0, 0.1) is 10.1 Å². The molecule has 0 atom stereocenters. The van der Waals surface area contributed by atoms with E-state index in [9.17, 15) is 14.9 Å². The van der Waals surface area contributed by atoms with Gasteiger partial charge >= 0.3 is 5.97 Å². The highest BCUT2D eigenvalue weighted by molar-refractivity contribution is 5.95. The molecular formula is C11H13NO7. The lowest BCUT2D eigenvalue weighted by atomic mass is 10.1. The number of nitro groups is 1. The van der Waals surface area contributed by atoms with Gasteiger partial charge in [-0.15, -0.1) is 0 Å². The fourth-order valence-corrected chi connectivity index (χ4v) is 1.38. The summed E-state index contributed by atoms with van der Waals surface area (Å²) in [7, 11) is 0. The highest BCUT2D eigenvalue weighted by Gasteiger charge is 2.24. The molecule has 0 spiro atoms. The molecule has 0 saturated heterocycles. The normalized spacial score (nSPS) is 10.2. The zero-order chi connectivity index (χ0) is 14.3. The smallest absolute Gasteiger partial charge is 0.346 e. The summed E-state index contributed by atoms with van der Waals surface area (Å²) in [5, 5.41) is 28.2. The lowest BCUT2D eigenvalue weighted by molar-refractivity contribution is -0.385. The Balaban J connectivity index is 2.80. The second kappa shape index (κ2) is 7.29. The van der Waals surface area contributed by atoms with E-state index in [1.807, 2.05) is 0 Å². The first-order valence-electron chi connectivity index (χ1n) is 5.40. The number of carboxylic acid groups (broad SMARTS) is 1. The molecule has 8 nitrogen and oxygen atoms in total. The van der Waals surface area contributed by atoms with Gasteiger partial charge in [0.1, 0.15) is 12.4 Å². The number of carbonyl (C=O) groups is 1. The summed E-state index contributed by atoms with van der Waals surface area (Å²) in [6.45, 7) is 0.186. The summed E-state index contributed by atoms with van der Waals surface area (Å²) in [6, 6.07) is 3.77. The van der Waals surface area contributed by atoms with Gasteiger partial charge in [-0.2, -0.15) is 0 Å². The molecule has 0 fully saturated rings. The van der Waals surface area contributed by atoms with Gasteiger partial charge in [0, 0.05) is 6.07 Å². The Hall–Kier alpha value is -2.19. The summed E-state index contributed by atoms with van der Waals surface area (Å²) >= 11 is 0. The van der Waals surface area contributed by atoms with Gasteiger partial charge in [0.15, 0.2) is 5.56 Å². The fraction of sp³-hybridized carbons (Fsp3) is 0.364. The van der Waals surface area contributed by atoms with Crippen molar-refractivity contribution < 1.29 is 29.4 Å². The summed E-state index contributed by atoms with van der Waals surface area (Å²) in [5.74, 6) is -1.52. The molecule has 0 saturated carbocycles. The largest absolute Gasteiger partial charge is 0.490 e. The minimum absolute atomic E-state index is 0.0292. The van der Waals surface area contributed by atoms with Crippen molar-refractivity contribution in [2.75, 3.05) is 26.4 Å². The highest BCUT2D eigenvalue weighted by atomic mass is 16.6.